The number of nitrogens with zero attached hydrogens (tertiary/aromatic N) is 1. The zero-order valence-electron chi connectivity index (χ0n) is 10.1. The second-order valence-corrected chi connectivity index (χ2v) is 4.55. The van der Waals surface area contributed by atoms with Crippen LogP contribution in [-0.4, -0.2) is 24.5 Å². The fourth-order valence-corrected chi connectivity index (χ4v) is 2.10. The van der Waals surface area contributed by atoms with Crippen LogP contribution in [0.3, 0.4) is 0 Å². The van der Waals surface area contributed by atoms with E-state index in [1.807, 2.05) is 6.92 Å². The maximum absolute atomic E-state index is 11.9. The smallest absolute Gasteiger partial charge is 0.223 e. The third-order valence-corrected chi connectivity index (χ3v) is 3.17. The maximum Gasteiger partial charge on any atom is 0.223 e. The summed E-state index contributed by atoms with van der Waals surface area (Å²) in [4.78, 5) is 11.9. The predicted octanol–water partition coefficient (Wildman–Crippen LogP) is 1.18. The van der Waals surface area contributed by atoms with E-state index in [0.717, 1.165) is 25.8 Å². The normalized spacial score (nSPS) is 26.8. The molecular weight excluding hydrogens is 202 g/mol. The number of amides is 1. The summed E-state index contributed by atoms with van der Waals surface area (Å²) in [5.41, 5.74) is 0. The van der Waals surface area contributed by atoms with Crippen LogP contribution in [0.2, 0.25) is 0 Å². The lowest BCUT2D eigenvalue weighted by atomic mass is 9.92. The van der Waals surface area contributed by atoms with Crippen LogP contribution in [0.1, 0.15) is 39.5 Å². The van der Waals surface area contributed by atoms with Gasteiger partial charge in [-0.1, -0.05) is 6.92 Å². The SMILES string of the molecule is CCC(CC#N)NC(=O)C1CCNC(C)C1. The van der Waals surface area contributed by atoms with Gasteiger partial charge >= 0.3 is 0 Å². The molecule has 1 fully saturated rings. The van der Waals surface area contributed by atoms with Gasteiger partial charge in [-0.3, -0.25) is 4.79 Å². The Bertz CT molecular complexity index is 272. The van der Waals surface area contributed by atoms with Crippen LogP contribution in [0.25, 0.3) is 0 Å². The Labute approximate surface area is 97.4 Å². The second-order valence-electron chi connectivity index (χ2n) is 4.55. The standard InChI is InChI=1S/C12H21N3O/c1-3-11(4-6-13)15-12(16)10-5-7-14-9(2)8-10/h9-11,14H,3-5,7-8H2,1-2H3,(H,15,16). The monoisotopic (exact) mass is 223 g/mol. The topological polar surface area (TPSA) is 64.9 Å². The van der Waals surface area contributed by atoms with E-state index >= 15 is 0 Å². The van der Waals surface area contributed by atoms with Gasteiger partial charge in [-0.2, -0.15) is 5.26 Å². The van der Waals surface area contributed by atoms with Gasteiger partial charge in [0.05, 0.1) is 12.5 Å². The fraction of sp³-hybridized carbons (Fsp3) is 0.833. The van der Waals surface area contributed by atoms with E-state index in [4.69, 9.17) is 5.26 Å². The van der Waals surface area contributed by atoms with E-state index in [-0.39, 0.29) is 17.9 Å². The molecule has 1 rings (SSSR count). The van der Waals surface area contributed by atoms with Crippen LogP contribution in [0.5, 0.6) is 0 Å². The van der Waals surface area contributed by atoms with Crippen molar-refractivity contribution >= 4 is 5.91 Å². The molecule has 4 nitrogen and oxygen atoms in total. The first kappa shape index (κ1) is 13.0. The van der Waals surface area contributed by atoms with Gasteiger partial charge < -0.3 is 10.6 Å². The van der Waals surface area contributed by atoms with Crippen molar-refractivity contribution in [3.63, 3.8) is 0 Å². The van der Waals surface area contributed by atoms with Gasteiger partial charge in [0, 0.05) is 18.0 Å². The van der Waals surface area contributed by atoms with Crippen molar-refractivity contribution in [2.24, 2.45) is 5.92 Å². The first-order chi connectivity index (χ1) is 7.67. The molecular formula is C12H21N3O. The summed E-state index contributed by atoms with van der Waals surface area (Å²) in [6, 6.07) is 2.54. The van der Waals surface area contributed by atoms with Crippen LogP contribution in [0.4, 0.5) is 0 Å². The van der Waals surface area contributed by atoms with Gasteiger partial charge in [-0.15, -0.1) is 0 Å². The Morgan fingerprint density at radius 1 is 1.69 bits per heavy atom. The van der Waals surface area contributed by atoms with Crippen molar-refractivity contribution in [1.82, 2.24) is 10.6 Å². The number of hydrogen-bond acceptors (Lipinski definition) is 3. The minimum absolute atomic E-state index is 0.0164. The third-order valence-electron chi connectivity index (χ3n) is 3.17. The predicted molar refractivity (Wildman–Crippen MR) is 62.6 cm³/mol. The van der Waals surface area contributed by atoms with E-state index < -0.39 is 0 Å². The lowest BCUT2D eigenvalue weighted by molar-refractivity contribution is -0.126. The first-order valence-electron chi connectivity index (χ1n) is 6.08. The number of hydrogen-bond donors (Lipinski definition) is 2. The molecule has 1 amide bonds. The molecule has 1 aliphatic rings. The van der Waals surface area contributed by atoms with Gasteiger partial charge in [-0.25, -0.2) is 0 Å². The van der Waals surface area contributed by atoms with Crippen LogP contribution in [0.15, 0.2) is 0 Å². The van der Waals surface area contributed by atoms with E-state index in [1.54, 1.807) is 0 Å². The maximum atomic E-state index is 11.9. The molecule has 0 radical (unpaired) electrons. The van der Waals surface area contributed by atoms with E-state index in [9.17, 15) is 4.79 Å². The second kappa shape index (κ2) is 6.49. The minimum atomic E-state index is 0.0164. The number of carbonyl (C=O) groups is 1. The minimum Gasteiger partial charge on any atom is -0.352 e. The number of piperidine rings is 1. The highest BCUT2D eigenvalue weighted by Gasteiger charge is 2.25. The lowest BCUT2D eigenvalue weighted by Gasteiger charge is -2.28. The van der Waals surface area contributed by atoms with Crippen molar-refractivity contribution < 1.29 is 4.79 Å². The molecule has 2 N–H and O–H groups in total. The summed E-state index contributed by atoms with van der Waals surface area (Å²) in [7, 11) is 0. The van der Waals surface area contributed by atoms with Gasteiger partial charge in [0.2, 0.25) is 5.91 Å². The Hall–Kier alpha value is -1.08. The fourth-order valence-electron chi connectivity index (χ4n) is 2.10. The van der Waals surface area contributed by atoms with Gasteiger partial charge in [-0.05, 0) is 32.7 Å². The molecule has 0 aromatic rings. The molecule has 0 aromatic heterocycles. The number of carbonyl (C=O) groups excluding carboxylic acids is 1. The summed E-state index contributed by atoms with van der Waals surface area (Å²) >= 11 is 0. The molecule has 4 heteroatoms. The molecule has 3 unspecified atom stereocenters. The quantitative estimate of drug-likeness (QED) is 0.752. The van der Waals surface area contributed by atoms with E-state index in [0.29, 0.717) is 12.5 Å². The van der Waals surface area contributed by atoms with Crippen LogP contribution in [-0.2, 0) is 4.79 Å². The zero-order valence-corrected chi connectivity index (χ0v) is 10.1. The summed E-state index contributed by atoms with van der Waals surface area (Å²) in [6.07, 6.45) is 3.02. The van der Waals surface area contributed by atoms with Crippen LogP contribution < -0.4 is 10.6 Å². The molecule has 0 spiro atoms. The van der Waals surface area contributed by atoms with Crippen molar-refractivity contribution in [3.05, 3.63) is 0 Å². The molecule has 1 aliphatic heterocycles. The molecule has 0 saturated carbocycles. The summed E-state index contributed by atoms with van der Waals surface area (Å²) in [6.45, 7) is 5.01. The molecule has 90 valence electrons. The third kappa shape index (κ3) is 3.82. The Kier molecular flexibility index (Phi) is 5.27. The van der Waals surface area contributed by atoms with Crippen LogP contribution in [0, 0.1) is 17.2 Å². The van der Waals surface area contributed by atoms with Crippen molar-refractivity contribution in [3.8, 4) is 6.07 Å². The highest BCUT2D eigenvalue weighted by molar-refractivity contribution is 5.79. The van der Waals surface area contributed by atoms with E-state index in [1.165, 1.54) is 0 Å². The summed E-state index contributed by atoms with van der Waals surface area (Å²) < 4.78 is 0. The molecule has 0 aromatic carbocycles. The first-order valence-corrected chi connectivity index (χ1v) is 6.08. The zero-order chi connectivity index (χ0) is 12.0. The molecule has 16 heavy (non-hydrogen) atoms. The molecule has 0 aliphatic carbocycles. The number of nitrogens with one attached hydrogen (secondary N) is 2. The van der Waals surface area contributed by atoms with Crippen molar-refractivity contribution in [1.29, 1.82) is 5.26 Å². The van der Waals surface area contributed by atoms with Crippen molar-refractivity contribution in [2.45, 2.75) is 51.6 Å². The number of nitriles is 1. The average molecular weight is 223 g/mol. The Balaban J connectivity index is 2.41. The lowest BCUT2D eigenvalue weighted by Crippen LogP contribution is -2.45. The molecule has 1 saturated heterocycles. The van der Waals surface area contributed by atoms with Gasteiger partial charge in [0.1, 0.15) is 0 Å². The van der Waals surface area contributed by atoms with Crippen LogP contribution >= 0.6 is 0 Å². The number of rotatable bonds is 4. The van der Waals surface area contributed by atoms with Gasteiger partial charge in [0.25, 0.3) is 0 Å². The average Bonchev–Trinajstić information content (AvgIpc) is 2.28. The largest absolute Gasteiger partial charge is 0.352 e. The van der Waals surface area contributed by atoms with E-state index in [2.05, 4.69) is 23.6 Å². The van der Waals surface area contributed by atoms with Crippen molar-refractivity contribution in [2.75, 3.05) is 6.54 Å². The highest BCUT2D eigenvalue weighted by Crippen LogP contribution is 2.16. The highest BCUT2D eigenvalue weighted by atomic mass is 16.1. The molecule has 3 atom stereocenters. The Morgan fingerprint density at radius 3 is 3.00 bits per heavy atom. The van der Waals surface area contributed by atoms with Gasteiger partial charge in [0.15, 0.2) is 0 Å². The summed E-state index contributed by atoms with van der Waals surface area (Å²) in [5, 5.41) is 14.9. The summed E-state index contributed by atoms with van der Waals surface area (Å²) in [5.74, 6) is 0.236. The molecule has 0 bridgehead atoms. The Morgan fingerprint density at radius 2 is 2.44 bits per heavy atom. The molecule has 1 heterocycles.